The van der Waals surface area contributed by atoms with E-state index in [-0.39, 0.29) is 38.0 Å². The van der Waals surface area contributed by atoms with E-state index in [0.717, 1.165) is 12.1 Å². The van der Waals surface area contributed by atoms with E-state index < -0.39 is 35.0 Å². The Morgan fingerprint density at radius 2 is 2.00 bits per heavy atom. The highest BCUT2D eigenvalue weighted by molar-refractivity contribution is 5.91. The second-order valence-corrected chi connectivity index (χ2v) is 5.97. The van der Waals surface area contributed by atoms with E-state index in [1.54, 1.807) is 0 Å². The van der Waals surface area contributed by atoms with Gasteiger partial charge in [0.25, 0.3) is 0 Å². The molecule has 7 heteroatoms. The van der Waals surface area contributed by atoms with Crippen LogP contribution in [0.25, 0.3) is 0 Å². The van der Waals surface area contributed by atoms with E-state index in [4.69, 9.17) is 4.74 Å². The summed E-state index contributed by atoms with van der Waals surface area (Å²) in [5.41, 5.74) is -1.18. The van der Waals surface area contributed by atoms with Crippen molar-refractivity contribution in [3.63, 3.8) is 0 Å². The fraction of sp³-hybridized carbons (Fsp3) is 0.529. The van der Waals surface area contributed by atoms with Crippen LogP contribution in [0, 0.1) is 11.6 Å². The van der Waals surface area contributed by atoms with Gasteiger partial charge in [-0.15, -0.1) is 0 Å². The Morgan fingerprint density at radius 3 is 2.54 bits per heavy atom. The Bertz CT molecular complexity index is 615. The number of halogens is 2. The first-order chi connectivity index (χ1) is 11.4. The van der Waals surface area contributed by atoms with Crippen LogP contribution in [0.4, 0.5) is 8.78 Å². The largest absolute Gasteiger partial charge is 0.480 e. The van der Waals surface area contributed by atoms with Crippen LogP contribution in [0.2, 0.25) is 0 Å². The van der Waals surface area contributed by atoms with Crippen LogP contribution in [0.1, 0.15) is 38.2 Å². The number of carbonyl (C=O) groups excluding carboxylic acids is 1. The van der Waals surface area contributed by atoms with Gasteiger partial charge in [-0.1, -0.05) is 19.4 Å². The number of rotatable bonds is 6. The Hall–Kier alpha value is -2.02. The van der Waals surface area contributed by atoms with Crippen molar-refractivity contribution in [2.24, 2.45) is 0 Å². The molecule has 1 aliphatic heterocycles. The van der Waals surface area contributed by atoms with E-state index in [9.17, 15) is 23.5 Å². The maximum Gasteiger partial charge on any atom is 0.326 e. The Balaban J connectivity index is 2.36. The number of ether oxygens (including phenoxy) is 1. The molecule has 0 spiro atoms. The van der Waals surface area contributed by atoms with E-state index in [1.165, 1.54) is 6.07 Å². The maximum absolute atomic E-state index is 14.3. The summed E-state index contributed by atoms with van der Waals surface area (Å²) < 4.78 is 32.8. The first kappa shape index (κ1) is 18.3. The molecule has 0 saturated carbocycles. The van der Waals surface area contributed by atoms with Crippen molar-refractivity contribution in [3.8, 4) is 0 Å². The molecule has 1 saturated heterocycles. The fourth-order valence-corrected chi connectivity index (χ4v) is 3.06. The minimum atomic E-state index is -1.25. The van der Waals surface area contributed by atoms with E-state index >= 15 is 0 Å². The molecule has 132 valence electrons. The van der Waals surface area contributed by atoms with Crippen LogP contribution in [0.5, 0.6) is 0 Å². The molecule has 0 aliphatic carbocycles. The summed E-state index contributed by atoms with van der Waals surface area (Å²) >= 11 is 0. The lowest BCUT2D eigenvalue weighted by Gasteiger charge is -2.37. The molecule has 0 bridgehead atoms. The van der Waals surface area contributed by atoms with Gasteiger partial charge >= 0.3 is 5.97 Å². The number of amides is 1. The molecule has 1 fully saturated rings. The summed E-state index contributed by atoms with van der Waals surface area (Å²) in [7, 11) is 0. The molecular weight excluding hydrogens is 320 g/mol. The van der Waals surface area contributed by atoms with E-state index in [2.05, 4.69) is 5.32 Å². The van der Waals surface area contributed by atoms with Crippen LogP contribution in [-0.4, -0.2) is 36.2 Å². The summed E-state index contributed by atoms with van der Waals surface area (Å²) in [6.07, 6.45) is 1.28. The van der Waals surface area contributed by atoms with Gasteiger partial charge in [-0.3, -0.25) is 4.79 Å². The van der Waals surface area contributed by atoms with Crippen molar-refractivity contribution in [2.45, 2.75) is 44.1 Å². The molecule has 1 aromatic carbocycles. The fourth-order valence-electron chi connectivity index (χ4n) is 3.06. The molecule has 1 heterocycles. The highest BCUT2D eigenvalue weighted by atomic mass is 19.1. The normalized spacial score (nSPS) is 18.0. The quantitative estimate of drug-likeness (QED) is 0.833. The van der Waals surface area contributed by atoms with Gasteiger partial charge in [-0.05, 0) is 25.3 Å². The molecular formula is C17H21F2NO4. The zero-order valence-electron chi connectivity index (χ0n) is 13.5. The minimum Gasteiger partial charge on any atom is -0.480 e. The molecule has 0 aromatic heterocycles. The highest BCUT2D eigenvalue weighted by Gasteiger charge is 2.44. The molecule has 1 aliphatic rings. The SMILES string of the molecule is CCC[C@H](NC(=O)C1(c2ccc(F)cc2F)CCOCC1)C(=O)O. The molecule has 1 atom stereocenters. The third-order valence-electron chi connectivity index (χ3n) is 4.41. The van der Waals surface area contributed by atoms with Gasteiger partial charge < -0.3 is 15.2 Å². The minimum absolute atomic E-state index is 0.0744. The molecule has 1 aromatic rings. The standard InChI is InChI=1S/C17H21F2NO4/c1-2-3-14(15(21)22)20-16(23)17(6-8-24-9-7-17)12-5-4-11(18)10-13(12)19/h4-5,10,14H,2-3,6-9H2,1H3,(H,20,23)(H,21,22)/t14-/m0/s1. The number of carboxylic acids is 1. The molecule has 2 N–H and O–H groups in total. The van der Waals surface area contributed by atoms with Crippen molar-refractivity contribution >= 4 is 11.9 Å². The van der Waals surface area contributed by atoms with Gasteiger partial charge in [-0.25, -0.2) is 13.6 Å². The summed E-state index contributed by atoms with van der Waals surface area (Å²) in [5.74, 6) is -3.23. The molecule has 0 unspecified atom stereocenters. The smallest absolute Gasteiger partial charge is 0.326 e. The van der Waals surface area contributed by atoms with Crippen molar-refractivity contribution in [1.82, 2.24) is 5.32 Å². The van der Waals surface area contributed by atoms with Crippen LogP contribution in [-0.2, 0) is 19.7 Å². The summed E-state index contributed by atoms with van der Waals surface area (Å²) in [5, 5.41) is 11.7. The predicted molar refractivity (Wildman–Crippen MR) is 82.6 cm³/mol. The first-order valence-corrected chi connectivity index (χ1v) is 7.98. The van der Waals surface area contributed by atoms with Crippen molar-refractivity contribution in [3.05, 3.63) is 35.4 Å². The number of carboxylic acid groups (broad SMARTS) is 1. The van der Waals surface area contributed by atoms with E-state index in [0.29, 0.717) is 6.42 Å². The van der Waals surface area contributed by atoms with Gasteiger partial charge in [0.2, 0.25) is 5.91 Å². The zero-order chi connectivity index (χ0) is 17.7. The molecule has 5 nitrogen and oxygen atoms in total. The molecule has 1 amide bonds. The van der Waals surface area contributed by atoms with Gasteiger partial charge in [0.05, 0.1) is 5.41 Å². The van der Waals surface area contributed by atoms with Crippen LogP contribution < -0.4 is 5.32 Å². The number of aliphatic carboxylic acids is 1. The first-order valence-electron chi connectivity index (χ1n) is 7.98. The predicted octanol–water partition coefficient (Wildman–Crippen LogP) is 2.38. The van der Waals surface area contributed by atoms with Crippen LogP contribution in [0.15, 0.2) is 18.2 Å². The molecule has 24 heavy (non-hydrogen) atoms. The zero-order valence-corrected chi connectivity index (χ0v) is 13.5. The summed E-state index contributed by atoms with van der Waals surface area (Å²) in [6.45, 7) is 2.30. The second kappa shape index (κ2) is 7.70. The van der Waals surface area contributed by atoms with Crippen molar-refractivity contribution in [1.29, 1.82) is 0 Å². The van der Waals surface area contributed by atoms with Gasteiger partial charge in [-0.2, -0.15) is 0 Å². The molecule has 0 radical (unpaired) electrons. The Morgan fingerprint density at radius 1 is 1.33 bits per heavy atom. The number of benzene rings is 1. The van der Waals surface area contributed by atoms with Crippen molar-refractivity contribution < 1.29 is 28.2 Å². The van der Waals surface area contributed by atoms with Gasteiger partial charge in [0.1, 0.15) is 17.7 Å². The Labute approximate surface area is 139 Å². The Kier molecular flexibility index (Phi) is 5.88. The lowest BCUT2D eigenvalue weighted by molar-refractivity contribution is -0.144. The number of nitrogens with one attached hydrogen (secondary N) is 1. The van der Waals surface area contributed by atoms with Crippen LogP contribution in [0.3, 0.4) is 0 Å². The summed E-state index contributed by atoms with van der Waals surface area (Å²) in [4.78, 5) is 24.2. The third kappa shape index (κ3) is 3.72. The summed E-state index contributed by atoms with van der Waals surface area (Å²) in [6, 6.07) is 2.06. The molecule has 2 rings (SSSR count). The average molecular weight is 341 g/mol. The van der Waals surface area contributed by atoms with Gasteiger partial charge in [0, 0.05) is 24.8 Å². The van der Waals surface area contributed by atoms with E-state index in [1.807, 2.05) is 6.92 Å². The van der Waals surface area contributed by atoms with Gasteiger partial charge in [0.15, 0.2) is 0 Å². The topological polar surface area (TPSA) is 75.6 Å². The highest BCUT2D eigenvalue weighted by Crippen LogP contribution is 2.37. The lowest BCUT2D eigenvalue weighted by Crippen LogP contribution is -2.53. The second-order valence-electron chi connectivity index (χ2n) is 5.97. The number of hydrogen-bond donors (Lipinski definition) is 2. The lowest BCUT2D eigenvalue weighted by atomic mass is 9.73. The maximum atomic E-state index is 14.3. The number of hydrogen-bond acceptors (Lipinski definition) is 3. The third-order valence-corrected chi connectivity index (χ3v) is 4.41. The average Bonchev–Trinajstić information content (AvgIpc) is 2.54. The number of carbonyl (C=O) groups is 2. The van der Waals surface area contributed by atoms with Crippen molar-refractivity contribution in [2.75, 3.05) is 13.2 Å². The van der Waals surface area contributed by atoms with Crippen LogP contribution >= 0.6 is 0 Å². The monoisotopic (exact) mass is 341 g/mol.